The molecule has 1 heterocycles. The first kappa shape index (κ1) is 12.8. The average molecular weight is 223 g/mol. The highest BCUT2D eigenvalue weighted by Crippen LogP contribution is 2.15. The van der Waals surface area contributed by atoms with Crippen molar-refractivity contribution in [3.8, 4) is 6.07 Å². The van der Waals surface area contributed by atoms with Gasteiger partial charge in [-0.25, -0.2) is 4.79 Å². The van der Waals surface area contributed by atoms with Gasteiger partial charge in [-0.15, -0.1) is 0 Å². The highest BCUT2D eigenvalue weighted by Gasteiger charge is 2.22. The van der Waals surface area contributed by atoms with Crippen LogP contribution in [0.1, 0.15) is 39.5 Å². The number of carbonyl (C=O) groups excluding carboxylic acids is 1. The molecule has 1 rings (SSSR count). The summed E-state index contributed by atoms with van der Waals surface area (Å²) in [4.78, 5) is 13.7. The largest absolute Gasteiger partial charge is 0.325 e. The van der Waals surface area contributed by atoms with Crippen LogP contribution in [0.15, 0.2) is 0 Å². The second-order valence-electron chi connectivity index (χ2n) is 4.61. The van der Waals surface area contributed by atoms with Crippen LogP contribution in [0.2, 0.25) is 0 Å². The van der Waals surface area contributed by atoms with Crippen LogP contribution in [0.5, 0.6) is 0 Å². The van der Waals surface area contributed by atoms with Crippen LogP contribution in [-0.2, 0) is 0 Å². The van der Waals surface area contributed by atoms with Gasteiger partial charge in [0.05, 0.1) is 6.07 Å². The lowest BCUT2D eigenvalue weighted by Gasteiger charge is -2.31. The first-order valence-corrected chi connectivity index (χ1v) is 6.12. The first-order valence-electron chi connectivity index (χ1n) is 6.12. The summed E-state index contributed by atoms with van der Waals surface area (Å²) in [6.07, 6.45) is 3.90. The predicted octanol–water partition coefficient (Wildman–Crippen LogP) is 2.12. The predicted molar refractivity (Wildman–Crippen MR) is 62.8 cm³/mol. The Labute approximate surface area is 97.6 Å². The lowest BCUT2D eigenvalue weighted by atomic mass is 10.0. The van der Waals surface area contributed by atoms with Crippen molar-refractivity contribution in [2.24, 2.45) is 5.92 Å². The van der Waals surface area contributed by atoms with Crippen molar-refractivity contribution in [3.63, 3.8) is 0 Å². The van der Waals surface area contributed by atoms with Gasteiger partial charge >= 0.3 is 6.03 Å². The molecule has 90 valence electrons. The van der Waals surface area contributed by atoms with E-state index >= 15 is 0 Å². The molecular weight excluding hydrogens is 202 g/mol. The van der Waals surface area contributed by atoms with Gasteiger partial charge in [0.15, 0.2) is 0 Å². The van der Waals surface area contributed by atoms with E-state index in [-0.39, 0.29) is 12.1 Å². The van der Waals surface area contributed by atoms with E-state index in [0.29, 0.717) is 5.92 Å². The smallest absolute Gasteiger partial charge is 0.318 e. The molecule has 16 heavy (non-hydrogen) atoms. The Balaban J connectivity index is 2.41. The molecule has 2 amide bonds. The summed E-state index contributed by atoms with van der Waals surface area (Å²) in [7, 11) is 0. The van der Waals surface area contributed by atoms with E-state index in [9.17, 15) is 4.79 Å². The number of carbonyl (C=O) groups is 1. The van der Waals surface area contributed by atoms with Gasteiger partial charge in [0.2, 0.25) is 0 Å². The molecule has 2 atom stereocenters. The lowest BCUT2D eigenvalue weighted by molar-refractivity contribution is 0.168. The Hall–Kier alpha value is -1.24. The SMILES string of the molecule is CCCC(C#N)NC(=O)N1CCCC(C)C1. The van der Waals surface area contributed by atoms with Gasteiger partial charge < -0.3 is 10.2 Å². The molecule has 0 aromatic carbocycles. The van der Waals surface area contributed by atoms with Crippen molar-refractivity contribution >= 4 is 6.03 Å². The van der Waals surface area contributed by atoms with Gasteiger partial charge in [0, 0.05) is 13.1 Å². The van der Waals surface area contributed by atoms with Crippen LogP contribution in [-0.4, -0.2) is 30.1 Å². The van der Waals surface area contributed by atoms with Gasteiger partial charge in [-0.3, -0.25) is 0 Å². The highest BCUT2D eigenvalue weighted by molar-refractivity contribution is 5.75. The normalized spacial score (nSPS) is 22.3. The van der Waals surface area contributed by atoms with Crippen LogP contribution < -0.4 is 5.32 Å². The topological polar surface area (TPSA) is 56.1 Å². The molecule has 0 aromatic rings. The summed E-state index contributed by atoms with van der Waals surface area (Å²) in [6, 6.07) is 1.71. The van der Waals surface area contributed by atoms with E-state index in [0.717, 1.165) is 32.4 Å². The van der Waals surface area contributed by atoms with Gasteiger partial charge in [0.1, 0.15) is 6.04 Å². The number of rotatable bonds is 3. The van der Waals surface area contributed by atoms with Crippen LogP contribution >= 0.6 is 0 Å². The zero-order valence-corrected chi connectivity index (χ0v) is 10.2. The first-order chi connectivity index (χ1) is 7.67. The Morgan fingerprint density at radius 3 is 3.00 bits per heavy atom. The average Bonchev–Trinajstić information content (AvgIpc) is 2.28. The maximum absolute atomic E-state index is 11.9. The molecule has 1 N–H and O–H groups in total. The summed E-state index contributed by atoms with van der Waals surface area (Å²) in [6.45, 7) is 5.81. The summed E-state index contributed by atoms with van der Waals surface area (Å²) in [5, 5.41) is 11.7. The standard InChI is InChI=1S/C12H21N3O/c1-3-5-11(8-13)14-12(16)15-7-4-6-10(2)9-15/h10-11H,3-7,9H2,1-2H3,(H,14,16). The number of hydrogen-bond acceptors (Lipinski definition) is 2. The van der Waals surface area contributed by atoms with Crippen LogP contribution in [0.4, 0.5) is 4.79 Å². The van der Waals surface area contributed by atoms with Crippen molar-refractivity contribution in [1.29, 1.82) is 5.26 Å². The minimum Gasteiger partial charge on any atom is -0.325 e. The summed E-state index contributed by atoms with van der Waals surface area (Å²) >= 11 is 0. The Kier molecular flexibility index (Phi) is 5.10. The molecule has 0 bridgehead atoms. The number of nitriles is 1. The second kappa shape index (κ2) is 6.37. The molecule has 0 aromatic heterocycles. The fraction of sp³-hybridized carbons (Fsp3) is 0.833. The molecule has 1 aliphatic heterocycles. The molecule has 4 heteroatoms. The third-order valence-electron chi connectivity index (χ3n) is 2.98. The maximum Gasteiger partial charge on any atom is 0.318 e. The third kappa shape index (κ3) is 3.73. The van der Waals surface area contributed by atoms with Crippen molar-refractivity contribution in [2.75, 3.05) is 13.1 Å². The zero-order valence-electron chi connectivity index (χ0n) is 10.2. The number of nitrogens with one attached hydrogen (secondary N) is 1. The van der Waals surface area contributed by atoms with E-state index < -0.39 is 0 Å². The number of nitrogens with zero attached hydrogens (tertiary/aromatic N) is 2. The molecule has 2 unspecified atom stereocenters. The van der Waals surface area contributed by atoms with E-state index in [2.05, 4.69) is 18.3 Å². The van der Waals surface area contributed by atoms with Crippen molar-refractivity contribution in [1.82, 2.24) is 10.2 Å². The maximum atomic E-state index is 11.9. The van der Waals surface area contributed by atoms with Crippen LogP contribution in [0.25, 0.3) is 0 Å². The Morgan fingerprint density at radius 1 is 1.69 bits per heavy atom. The van der Waals surface area contributed by atoms with Crippen LogP contribution in [0, 0.1) is 17.2 Å². The zero-order chi connectivity index (χ0) is 12.0. The molecule has 0 radical (unpaired) electrons. The number of amides is 2. The Morgan fingerprint density at radius 2 is 2.44 bits per heavy atom. The molecule has 0 saturated carbocycles. The van der Waals surface area contributed by atoms with E-state index in [1.165, 1.54) is 6.42 Å². The molecule has 0 spiro atoms. The minimum absolute atomic E-state index is 0.0773. The van der Waals surface area contributed by atoms with E-state index in [1.807, 2.05) is 11.8 Å². The quantitative estimate of drug-likeness (QED) is 0.796. The summed E-state index contributed by atoms with van der Waals surface area (Å²) in [5.74, 6) is 0.575. The van der Waals surface area contributed by atoms with Crippen molar-refractivity contribution in [3.05, 3.63) is 0 Å². The van der Waals surface area contributed by atoms with Crippen molar-refractivity contribution < 1.29 is 4.79 Å². The third-order valence-corrected chi connectivity index (χ3v) is 2.98. The lowest BCUT2D eigenvalue weighted by Crippen LogP contribution is -2.48. The second-order valence-corrected chi connectivity index (χ2v) is 4.61. The molecule has 1 saturated heterocycles. The number of likely N-dealkylation sites (tertiary alicyclic amines) is 1. The molecule has 1 aliphatic rings. The number of piperidine rings is 1. The van der Waals surface area contributed by atoms with Gasteiger partial charge in [-0.05, 0) is 25.2 Å². The molecule has 4 nitrogen and oxygen atoms in total. The Bertz CT molecular complexity index is 272. The van der Waals surface area contributed by atoms with Crippen LogP contribution in [0.3, 0.4) is 0 Å². The fourth-order valence-corrected chi connectivity index (χ4v) is 2.07. The number of urea groups is 1. The van der Waals surface area contributed by atoms with E-state index in [1.54, 1.807) is 0 Å². The molecule has 0 aliphatic carbocycles. The van der Waals surface area contributed by atoms with Gasteiger partial charge in [-0.1, -0.05) is 20.3 Å². The van der Waals surface area contributed by atoms with Crippen molar-refractivity contribution in [2.45, 2.75) is 45.6 Å². The number of hydrogen-bond donors (Lipinski definition) is 1. The van der Waals surface area contributed by atoms with Gasteiger partial charge in [0.25, 0.3) is 0 Å². The fourth-order valence-electron chi connectivity index (χ4n) is 2.07. The highest BCUT2D eigenvalue weighted by atomic mass is 16.2. The summed E-state index contributed by atoms with van der Waals surface area (Å²) < 4.78 is 0. The van der Waals surface area contributed by atoms with E-state index in [4.69, 9.17) is 5.26 Å². The molecule has 1 fully saturated rings. The molecular formula is C12H21N3O. The minimum atomic E-state index is -0.338. The monoisotopic (exact) mass is 223 g/mol. The summed E-state index contributed by atoms with van der Waals surface area (Å²) in [5.41, 5.74) is 0. The van der Waals surface area contributed by atoms with Gasteiger partial charge in [-0.2, -0.15) is 5.26 Å².